The summed E-state index contributed by atoms with van der Waals surface area (Å²) in [5.41, 5.74) is 8.69. The first kappa shape index (κ1) is 24.5. The summed E-state index contributed by atoms with van der Waals surface area (Å²) in [6.07, 6.45) is 5.27. The van der Waals surface area contributed by atoms with Crippen LogP contribution in [0.25, 0.3) is 22.5 Å². The van der Waals surface area contributed by atoms with Crippen LogP contribution in [0.1, 0.15) is 37.3 Å². The molecule has 0 atom stereocenters. The number of allylic oxidation sites excluding steroid dienone is 2. The summed E-state index contributed by atoms with van der Waals surface area (Å²) in [7, 11) is 0. The van der Waals surface area contributed by atoms with Gasteiger partial charge in [0.15, 0.2) is 0 Å². The number of phenols is 1. The molecule has 4 heteroatoms. The lowest BCUT2D eigenvalue weighted by molar-refractivity contribution is 0.461. The van der Waals surface area contributed by atoms with Crippen molar-refractivity contribution in [2.45, 2.75) is 26.2 Å². The Morgan fingerprint density at radius 3 is 2.46 bits per heavy atom. The molecule has 0 aliphatic carbocycles. The van der Waals surface area contributed by atoms with Crippen LogP contribution in [0.15, 0.2) is 109 Å². The molecule has 0 amide bonds. The lowest BCUT2D eigenvalue weighted by Gasteiger charge is -2.28. The molecule has 0 radical (unpaired) electrons. The fraction of sp³-hybridized carbons (Fsp3) is 0.161. The highest BCUT2D eigenvalue weighted by atomic mass is 32.1. The normalized spacial score (nSPS) is 14.2. The Morgan fingerprint density at radius 2 is 1.71 bits per heavy atom. The van der Waals surface area contributed by atoms with E-state index in [0.29, 0.717) is 5.56 Å². The van der Waals surface area contributed by atoms with E-state index in [0.717, 1.165) is 65.3 Å². The van der Waals surface area contributed by atoms with Gasteiger partial charge in [-0.25, -0.2) is 0 Å². The quantitative estimate of drug-likeness (QED) is 0.298. The van der Waals surface area contributed by atoms with E-state index in [9.17, 15) is 5.11 Å². The Hall–Kier alpha value is -3.63. The Bertz CT molecular complexity index is 1290. The Morgan fingerprint density at radius 1 is 0.971 bits per heavy atom. The molecule has 1 aliphatic rings. The third-order valence-electron chi connectivity index (χ3n) is 6.41. The predicted octanol–water partition coefficient (Wildman–Crippen LogP) is 8.32. The monoisotopic (exact) mass is 480 g/mol. The number of nitrogens with zero attached hydrogens (tertiary/aromatic N) is 1. The maximum atomic E-state index is 11.0. The van der Waals surface area contributed by atoms with Crippen molar-refractivity contribution in [2.24, 2.45) is 0 Å². The van der Waals surface area contributed by atoms with Crippen molar-refractivity contribution in [2.75, 3.05) is 11.9 Å². The molecule has 2 N–H and O–H groups in total. The first-order valence-electron chi connectivity index (χ1n) is 11.9. The van der Waals surface area contributed by atoms with Crippen molar-refractivity contribution >= 4 is 29.7 Å². The number of benzene rings is 3. The average molecular weight is 481 g/mol. The van der Waals surface area contributed by atoms with Gasteiger partial charge in [-0.05, 0) is 66.5 Å². The van der Waals surface area contributed by atoms with Gasteiger partial charge >= 0.3 is 0 Å². The van der Waals surface area contributed by atoms with E-state index in [1.807, 2.05) is 48.5 Å². The van der Waals surface area contributed by atoms with E-state index in [2.05, 4.69) is 67.2 Å². The van der Waals surface area contributed by atoms with Crippen molar-refractivity contribution in [1.82, 2.24) is 4.90 Å². The number of nitrogens with one attached hydrogen (secondary N) is 1. The number of anilines is 1. The molecule has 1 aliphatic heterocycles. The lowest BCUT2D eigenvalue weighted by Crippen LogP contribution is -2.21. The number of hydrogen-bond acceptors (Lipinski definition) is 4. The average Bonchev–Trinajstić information content (AvgIpc) is 3.06. The van der Waals surface area contributed by atoms with Crippen LogP contribution in [0.5, 0.6) is 5.75 Å². The van der Waals surface area contributed by atoms with E-state index in [1.54, 1.807) is 11.5 Å². The topological polar surface area (TPSA) is 35.5 Å². The molecule has 0 saturated heterocycles. The molecule has 178 valence electrons. The standard InChI is InChI=1S/C31H32N2OS/c1-22-11-9-10-19-33(30(22)18-20-35)24(3)28-17-16-26(21-31(28)34)32-23(2)27-14-7-8-15-29(27)25-12-5-4-6-13-25/h4-8,12-18,20-21,32,34-35H,2-3,9-11,19H2,1H3/b20-18-. The predicted molar refractivity (Wildman–Crippen MR) is 153 cm³/mol. The Balaban J connectivity index is 1.57. The minimum Gasteiger partial charge on any atom is -0.507 e. The van der Waals surface area contributed by atoms with Gasteiger partial charge < -0.3 is 15.3 Å². The van der Waals surface area contributed by atoms with Crippen LogP contribution in [-0.4, -0.2) is 16.6 Å². The molecule has 0 aromatic heterocycles. The highest BCUT2D eigenvalue weighted by Gasteiger charge is 2.20. The summed E-state index contributed by atoms with van der Waals surface area (Å²) in [6.45, 7) is 11.6. The molecule has 3 aromatic carbocycles. The molecule has 3 nitrogen and oxygen atoms in total. The minimum atomic E-state index is 0.181. The highest BCUT2D eigenvalue weighted by Crippen LogP contribution is 2.36. The summed E-state index contributed by atoms with van der Waals surface area (Å²) in [5.74, 6) is 0.181. The van der Waals surface area contributed by atoms with E-state index >= 15 is 0 Å². The van der Waals surface area contributed by atoms with E-state index < -0.39 is 0 Å². The van der Waals surface area contributed by atoms with Gasteiger partial charge in [0.25, 0.3) is 0 Å². The van der Waals surface area contributed by atoms with Crippen molar-refractivity contribution < 1.29 is 5.11 Å². The summed E-state index contributed by atoms with van der Waals surface area (Å²) >= 11 is 4.29. The molecule has 1 heterocycles. The lowest BCUT2D eigenvalue weighted by atomic mass is 9.98. The summed E-state index contributed by atoms with van der Waals surface area (Å²) in [6, 6.07) is 24.1. The van der Waals surface area contributed by atoms with Crippen molar-refractivity contribution in [3.05, 3.63) is 120 Å². The van der Waals surface area contributed by atoms with Gasteiger partial charge in [0.05, 0.1) is 0 Å². The van der Waals surface area contributed by atoms with E-state index in [-0.39, 0.29) is 5.75 Å². The number of rotatable bonds is 7. The van der Waals surface area contributed by atoms with Crippen molar-refractivity contribution in [3.63, 3.8) is 0 Å². The number of phenolic OH excluding ortho intramolecular Hbond substituents is 1. The Labute approximate surface area is 214 Å². The smallest absolute Gasteiger partial charge is 0.126 e. The number of hydrogen-bond donors (Lipinski definition) is 3. The third-order valence-corrected chi connectivity index (χ3v) is 6.56. The SMILES string of the molecule is C=C(Nc1ccc(C(=C)N2CCCCC(C)=C2/C=C\S)c(O)c1)c1ccccc1-c1ccccc1. The van der Waals surface area contributed by atoms with Gasteiger partial charge in [0, 0.05) is 46.5 Å². The van der Waals surface area contributed by atoms with Gasteiger partial charge in [-0.2, -0.15) is 12.6 Å². The third kappa shape index (κ3) is 5.55. The molecular weight excluding hydrogens is 448 g/mol. The maximum absolute atomic E-state index is 11.0. The first-order chi connectivity index (χ1) is 17.0. The molecule has 0 bridgehead atoms. The minimum absolute atomic E-state index is 0.181. The van der Waals surface area contributed by atoms with Crippen molar-refractivity contribution in [1.29, 1.82) is 0 Å². The fourth-order valence-electron chi connectivity index (χ4n) is 4.58. The molecule has 4 rings (SSSR count). The second kappa shape index (κ2) is 11.2. The second-order valence-corrected chi connectivity index (χ2v) is 9.08. The van der Waals surface area contributed by atoms with Gasteiger partial charge in [-0.1, -0.05) is 67.8 Å². The van der Waals surface area contributed by atoms with Gasteiger partial charge in [-0.15, -0.1) is 0 Å². The van der Waals surface area contributed by atoms with E-state index in [1.165, 1.54) is 5.57 Å². The molecule has 0 fully saturated rings. The molecule has 0 unspecified atom stereocenters. The first-order valence-corrected chi connectivity index (χ1v) is 12.4. The number of thiol groups is 1. The maximum Gasteiger partial charge on any atom is 0.126 e. The van der Waals surface area contributed by atoms with Crippen LogP contribution < -0.4 is 5.32 Å². The van der Waals surface area contributed by atoms with Gasteiger partial charge in [0.1, 0.15) is 5.75 Å². The zero-order valence-corrected chi connectivity index (χ0v) is 21.1. The fourth-order valence-corrected chi connectivity index (χ4v) is 4.72. The summed E-state index contributed by atoms with van der Waals surface area (Å²) in [4.78, 5) is 2.19. The zero-order valence-electron chi connectivity index (χ0n) is 20.2. The number of aromatic hydroxyl groups is 1. The zero-order chi connectivity index (χ0) is 24.8. The van der Waals surface area contributed by atoms with Crippen molar-refractivity contribution in [3.8, 4) is 16.9 Å². The molecule has 35 heavy (non-hydrogen) atoms. The van der Waals surface area contributed by atoms with Crippen LogP contribution in [0.3, 0.4) is 0 Å². The molecule has 0 spiro atoms. The largest absolute Gasteiger partial charge is 0.507 e. The molecular formula is C31H32N2OS. The second-order valence-electron chi connectivity index (χ2n) is 8.78. The van der Waals surface area contributed by atoms with Gasteiger partial charge in [-0.3, -0.25) is 0 Å². The van der Waals surface area contributed by atoms with Crippen LogP contribution >= 0.6 is 12.6 Å². The molecule has 0 saturated carbocycles. The van der Waals surface area contributed by atoms with Crippen LogP contribution in [0, 0.1) is 0 Å². The van der Waals surface area contributed by atoms with Crippen LogP contribution in [0.4, 0.5) is 5.69 Å². The van der Waals surface area contributed by atoms with Crippen LogP contribution in [-0.2, 0) is 0 Å². The Kier molecular flexibility index (Phi) is 7.84. The summed E-state index contributed by atoms with van der Waals surface area (Å²) < 4.78 is 0. The van der Waals surface area contributed by atoms with Crippen LogP contribution in [0.2, 0.25) is 0 Å². The van der Waals surface area contributed by atoms with E-state index in [4.69, 9.17) is 0 Å². The highest BCUT2D eigenvalue weighted by molar-refractivity contribution is 7.83. The van der Waals surface area contributed by atoms with Gasteiger partial charge in [0.2, 0.25) is 0 Å². The molecule has 3 aromatic rings. The summed E-state index contributed by atoms with van der Waals surface area (Å²) in [5, 5.41) is 16.1.